The fourth-order valence-corrected chi connectivity index (χ4v) is 9.02. The summed E-state index contributed by atoms with van der Waals surface area (Å²) in [6, 6.07) is 19.2. The number of anilines is 3. The van der Waals surface area contributed by atoms with Gasteiger partial charge in [0.15, 0.2) is 5.82 Å². The summed E-state index contributed by atoms with van der Waals surface area (Å²) in [5.74, 6) is 0.175. The smallest absolute Gasteiger partial charge is 0.329 e. The number of rotatable bonds is 7. The van der Waals surface area contributed by atoms with Crippen molar-refractivity contribution in [3.8, 4) is 22.9 Å². The third-order valence-electron chi connectivity index (χ3n) is 12.2. The van der Waals surface area contributed by atoms with Gasteiger partial charge in [-0.05, 0) is 85.2 Å². The Kier molecular flexibility index (Phi) is 9.28. The van der Waals surface area contributed by atoms with E-state index in [0.29, 0.717) is 41.3 Å². The van der Waals surface area contributed by atoms with Crippen molar-refractivity contribution in [3.05, 3.63) is 88.0 Å². The van der Waals surface area contributed by atoms with Crippen LogP contribution in [0.5, 0.6) is 0 Å². The Hall–Kier alpha value is -6.40. The summed E-state index contributed by atoms with van der Waals surface area (Å²) >= 11 is 0. The zero-order chi connectivity index (χ0) is 39.4. The predicted molar refractivity (Wildman–Crippen MR) is 216 cm³/mol. The van der Waals surface area contributed by atoms with Crippen LogP contribution in [0.25, 0.3) is 27.8 Å². The van der Waals surface area contributed by atoms with Crippen molar-refractivity contribution in [1.82, 2.24) is 34.4 Å². The number of nitriles is 1. The number of benzene rings is 3. The lowest BCUT2D eigenvalue weighted by atomic mass is 9.95. The van der Waals surface area contributed by atoms with Crippen molar-refractivity contribution in [2.45, 2.75) is 38.1 Å². The van der Waals surface area contributed by atoms with E-state index in [1.807, 2.05) is 54.7 Å². The van der Waals surface area contributed by atoms with Crippen LogP contribution in [0.15, 0.2) is 65.6 Å². The molecule has 15 heteroatoms. The summed E-state index contributed by atoms with van der Waals surface area (Å²) in [5, 5.41) is 19.8. The molecule has 4 N–H and O–H groups in total. The highest BCUT2D eigenvalue weighted by Crippen LogP contribution is 2.32. The number of fused-ring (bicyclic) bond motifs is 2. The van der Waals surface area contributed by atoms with Crippen LogP contribution in [0.2, 0.25) is 0 Å². The summed E-state index contributed by atoms with van der Waals surface area (Å²) in [5.41, 5.74) is 14.4. The van der Waals surface area contributed by atoms with E-state index < -0.39 is 11.9 Å². The van der Waals surface area contributed by atoms with Crippen molar-refractivity contribution >= 4 is 45.9 Å². The molecule has 5 aromatic rings. The third kappa shape index (κ3) is 6.80. The Bertz CT molecular complexity index is 2530. The van der Waals surface area contributed by atoms with Crippen molar-refractivity contribution < 1.29 is 14.4 Å². The molecule has 4 aliphatic heterocycles. The number of imidazole rings is 1. The molecule has 1 unspecified atom stereocenters. The number of hydrogen-bond acceptors (Lipinski definition) is 10. The van der Waals surface area contributed by atoms with E-state index in [-0.39, 0.29) is 23.9 Å². The number of imide groups is 1. The molecule has 3 saturated heterocycles. The van der Waals surface area contributed by atoms with E-state index >= 15 is 0 Å². The first-order valence-corrected chi connectivity index (χ1v) is 19.7. The third-order valence-corrected chi connectivity index (χ3v) is 12.2. The molecule has 292 valence electrons. The molecule has 0 spiro atoms. The minimum atomic E-state index is -0.696. The molecule has 0 saturated carbocycles. The van der Waals surface area contributed by atoms with E-state index in [9.17, 15) is 24.4 Å². The standard InChI is InChI=1S/C42H45N11O4/c1-48-37-22-30(3-5-35(37)53(42(48)57)36-6-7-38(54)46-41(36)56)50-12-9-26(10-13-50)24-49-14-16-51(17-15-49)31-18-27(23-43)19-32(21-31)52-25-34(39(44)47-52)28-2-4-33-29(20-28)8-11-45-40(33)55/h2-5,18-22,25-26,36H,6-17,24H2,1H3,(H2,44,47)(H,45,55)(H,46,54,56). The summed E-state index contributed by atoms with van der Waals surface area (Å²) in [7, 11) is 1.73. The van der Waals surface area contributed by atoms with Crippen molar-refractivity contribution in [3.63, 3.8) is 0 Å². The molecule has 0 aliphatic carbocycles. The molecule has 2 aromatic heterocycles. The second-order valence-electron chi connectivity index (χ2n) is 15.7. The van der Waals surface area contributed by atoms with Gasteiger partial charge in [0.05, 0.1) is 28.4 Å². The molecule has 3 aromatic carbocycles. The van der Waals surface area contributed by atoms with Gasteiger partial charge < -0.3 is 20.9 Å². The molecule has 0 radical (unpaired) electrons. The largest absolute Gasteiger partial charge is 0.382 e. The van der Waals surface area contributed by atoms with Gasteiger partial charge >= 0.3 is 5.69 Å². The number of nitrogens with zero attached hydrogens (tertiary/aromatic N) is 8. The lowest BCUT2D eigenvalue weighted by Crippen LogP contribution is -2.49. The average Bonchev–Trinajstić information content (AvgIpc) is 3.74. The maximum absolute atomic E-state index is 13.2. The highest BCUT2D eigenvalue weighted by Gasteiger charge is 2.32. The molecule has 57 heavy (non-hydrogen) atoms. The van der Waals surface area contributed by atoms with Gasteiger partial charge in [-0.2, -0.15) is 10.4 Å². The number of nitrogens with two attached hydrogens (primary N) is 1. The van der Waals surface area contributed by atoms with Gasteiger partial charge in [-0.25, -0.2) is 9.48 Å². The van der Waals surface area contributed by atoms with Gasteiger partial charge in [0, 0.05) is 94.5 Å². The fourth-order valence-electron chi connectivity index (χ4n) is 9.02. The minimum Gasteiger partial charge on any atom is -0.382 e. The first kappa shape index (κ1) is 36.3. The maximum atomic E-state index is 13.2. The van der Waals surface area contributed by atoms with Crippen molar-refractivity contribution in [1.29, 1.82) is 5.26 Å². The molecule has 4 aliphatic rings. The highest BCUT2D eigenvalue weighted by atomic mass is 16.2. The number of hydrogen-bond donors (Lipinski definition) is 3. The number of piperidine rings is 2. The van der Waals surface area contributed by atoms with Crippen LogP contribution in [-0.2, 0) is 23.1 Å². The molecular formula is C42H45N11O4. The quantitative estimate of drug-likeness (QED) is 0.209. The molecule has 3 fully saturated rings. The molecule has 1 atom stereocenters. The Morgan fingerprint density at radius 1 is 0.825 bits per heavy atom. The predicted octanol–water partition coefficient (Wildman–Crippen LogP) is 2.95. The lowest BCUT2D eigenvalue weighted by Gasteiger charge is -2.40. The number of aromatic nitrogens is 4. The zero-order valence-electron chi connectivity index (χ0n) is 31.9. The van der Waals surface area contributed by atoms with Gasteiger partial charge in [0.1, 0.15) is 6.04 Å². The Labute approximate surface area is 329 Å². The normalized spacial score (nSPS) is 19.4. The summed E-state index contributed by atoms with van der Waals surface area (Å²) in [4.78, 5) is 57.1. The van der Waals surface area contributed by atoms with E-state index in [1.54, 1.807) is 16.3 Å². The summed E-state index contributed by atoms with van der Waals surface area (Å²) in [6.07, 6.45) is 5.32. The number of carbonyl (C=O) groups is 3. The van der Waals surface area contributed by atoms with Crippen molar-refractivity contribution in [2.75, 3.05) is 67.9 Å². The van der Waals surface area contributed by atoms with Gasteiger partial charge in [0.2, 0.25) is 11.8 Å². The maximum Gasteiger partial charge on any atom is 0.329 e. The van der Waals surface area contributed by atoms with Crippen molar-refractivity contribution in [2.24, 2.45) is 13.0 Å². The number of piperazine rings is 1. The first-order chi connectivity index (χ1) is 27.6. The second-order valence-corrected chi connectivity index (χ2v) is 15.7. The fraction of sp³-hybridized carbons (Fsp3) is 0.381. The molecular weight excluding hydrogens is 723 g/mol. The monoisotopic (exact) mass is 767 g/mol. The van der Waals surface area contributed by atoms with Crippen LogP contribution in [-0.4, -0.2) is 93.9 Å². The Balaban J connectivity index is 0.820. The van der Waals surface area contributed by atoms with E-state index in [1.165, 1.54) is 4.57 Å². The van der Waals surface area contributed by atoms with Crippen LogP contribution in [0.4, 0.5) is 17.2 Å². The molecule has 3 amide bonds. The highest BCUT2D eigenvalue weighted by molar-refractivity contribution is 6.00. The lowest BCUT2D eigenvalue weighted by molar-refractivity contribution is -0.135. The SMILES string of the molecule is Cn1c(=O)n(C2CCC(=O)NC2=O)c2ccc(N3CCC(CN4CCN(c5cc(C#N)cc(-n6cc(-c7ccc8c(c7)CCNC8=O)c(N)n6)c5)CC4)CC3)cc21. The number of amides is 3. The molecule has 0 bridgehead atoms. The van der Waals surface area contributed by atoms with Crippen LogP contribution in [0, 0.1) is 17.2 Å². The van der Waals surface area contributed by atoms with E-state index in [4.69, 9.17) is 5.73 Å². The molecule has 9 rings (SSSR count). The molecule has 6 heterocycles. The van der Waals surface area contributed by atoms with Crippen LogP contribution in [0.3, 0.4) is 0 Å². The number of carbonyl (C=O) groups excluding carboxylic acids is 3. The van der Waals surface area contributed by atoms with Crippen LogP contribution in [0.1, 0.15) is 53.2 Å². The first-order valence-electron chi connectivity index (χ1n) is 19.7. The van der Waals surface area contributed by atoms with Gasteiger partial charge in [-0.1, -0.05) is 12.1 Å². The summed E-state index contributed by atoms with van der Waals surface area (Å²) < 4.78 is 4.86. The number of nitrogens with one attached hydrogen (secondary N) is 2. The second kappa shape index (κ2) is 14.6. The topological polar surface area (TPSA) is 180 Å². The van der Waals surface area contributed by atoms with E-state index in [0.717, 1.165) is 104 Å². The Morgan fingerprint density at radius 2 is 1.60 bits per heavy atom. The van der Waals surface area contributed by atoms with Crippen LogP contribution < -0.4 is 31.9 Å². The van der Waals surface area contributed by atoms with E-state index in [2.05, 4.69) is 42.6 Å². The number of nitrogen functional groups attached to an aromatic ring is 1. The van der Waals surface area contributed by atoms with Crippen LogP contribution >= 0.6 is 0 Å². The van der Waals surface area contributed by atoms with Gasteiger partial charge in [-0.15, -0.1) is 0 Å². The molecule has 15 nitrogen and oxygen atoms in total. The van der Waals surface area contributed by atoms with Gasteiger partial charge in [-0.3, -0.25) is 33.7 Å². The Morgan fingerprint density at radius 3 is 2.37 bits per heavy atom. The van der Waals surface area contributed by atoms with Gasteiger partial charge in [0.25, 0.3) is 5.91 Å². The zero-order valence-corrected chi connectivity index (χ0v) is 31.9. The minimum absolute atomic E-state index is 0.0561. The number of aryl methyl sites for hydroxylation is 1. The average molecular weight is 768 g/mol. The summed E-state index contributed by atoms with van der Waals surface area (Å²) in [6.45, 7) is 7.04.